The smallest absolute Gasteiger partial charge is 0.337 e. The molecule has 0 aliphatic rings. The van der Waals surface area contributed by atoms with Gasteiger partial charge in [-0.25, -0.2) is 4.79 Å². The molecule has 1 aromatic carbocycles. The Kier molecular flexibility index (Phi) is 6.98. The van der Waals surface area contributed by atoms with Crippen molar-refractivity contribution in [2.75, 3.05) is 14.2 Å². The molecule has 0 fully saturated rings. The SMILES string of the molecule is CCCC/C=C/C(c1ccc(C(=O)OC)cc1)N(C)O. The molecule has 0 saturated carbocycles. The quantitative estimate of drug-likeness (QED) is 0.358. The van der Waals surface area contributed by atoms with E-state index in [4.69, 9.17) is 0 Å². The average molecular weight is 277 g/mol. The second kappa shape index (κ2) is 8.51. The van der Waals surface area contributed by atoms with E-state index in [9.17, 15) is 10.0 Å². The molecular weight excluding hydrogens is 254 g/mol. The number of unbranched alkanes of at least 4 members (excludes halogenated alkanes) is 2. The maximum atomic E-state index is 11.4. The highest BCUT2D eigenvalue weighted by molar-refractivity contribution is 5.89. The molecule has 0 bridgehead atoms. The molecule has 0 aromatic heterocycles. The average Bonchev–Trinajstić information content (AvgIpc) is 2.46. The topological polar surface area (TPSA) is 49.8 Å². The molecule has 0 saturated heterocycles. The first-order valence-electron chi connectivity index (χ1n) is 6.86. The number of hydrogen-bond acceptors (Lipinski definition) is 4. The van der Waals surface area contributed by atoms with E-state index in [-0.39, 0.29) is 12.0 Å². The lowest BCUT2D eigenvalue weighted by Gasteiger charge is -2.19. The summed E-state index contributed by atoms with van der Waals surface area (Å²) in [4.78, 5) is 11.4. The second-order valence-electron chi connectivity index (χ2n) is 4.70. The van der Waals surface area contributed by atoms with Crippen LogP contribution in [-0.2, 0) is 4.74 Å². The number of methoxy groups -OCH3 is 1. The highest BCUT2D eigenvalue weighted by Gasteiger charge is 2.13. The van der Waals surface area contributed by atoms with Crippen LogP contribution < -0.4 is 0 Å². The van der Waals surface area contributed by atoms with E-state index in [1.54, 1.807) is 19.2 Å². The minimum atomic E-state index is -0.357. The van der Waals surface area contributed by atoms with Gasteiger partial charge in [-0.1, -0.05) is 44.1 Å². The van der Waals surface area contributed by atoms with Gasteiger partial charge in [0.25, 0.3) is 0 Å². The van der Waals surface area contributed by atoms with E-state index >= 15 is 0 Å². The van der Waals surface area contributed by atoms with Gasteiger partial charge in [0.05, 0.1) is 18.7 Å². The van der Waals surface area contributed by atoms with Crippen LogP contribution in [0.4, 0.5) is 0 Å². The molecule has 1 N–H and O–H groups in total. The number of rotatable bonds is 7. The van der Waals surface area contributed by atoms with Crippen LogP contribution in [0.5, 0.6) is 0 Å². The first-order valence-corrected chi connectivity index (χ1v) is 6.86. The number of hydroxylamine groups is 2. The van der Waals surface area contributed by atoms with E-state index in [0.717, 1.165) is 29.9 Å². The first-order chi connectivity index (χ1) is 9.60. The van der Waals surface area contributed by atoms with Crippen molar-refractivity contribution in [3.63, 3.8) is 0 Å². The Labute approximate surface area is 120 Å². The molecule has 0 amide bonds. The van der Waals surface area contributed by atoms with Crippen molar-refractivity contribution in [2.45, 2.75) is 32.2 Å². The zero-order valence-electron chi connectivity index (χ0n) is 12.4. The minimum absolute atomic E-state index is 0.210. The summed E-state index contributed by atoms with van der Waals surface area (Å²) in [7, 11) is 2.97. The molecule has 1 rings (SSSR count). The van der Waals surface area contributed by atoms with Gasteiger partial charge in [-0.05, 0) is 24.1 Å². The summed E-state index contributed by atoms with van der Waals surface area (Å²) in [5, 5.41) is 10.9. The molecule has 1 unspecified atom stereocenters. The third-order valence-corrected chi connectivity index (χ3v) is 3.12. The van der Waals surface area contributed by atoms with E-state index in [1.807, 2.05) is 18.2 Å². The summed E-state index contributed by atoms with van der Waals surface area (Å²) in [6.07, 6.45) is 7.34. The maximum Gasteiger partial charge on any atom is 0.337 e. The number of likely N-dealkylation sites (N-methyl/N-ethyl adjacent to an activating group) is 1. The van der Waals surface area contributed by atoms with Gasteiger partial charge < -0.3 is 9.94 Å². The van der Waals surface area contributed by atoms with Gasteiger partial charge in [0.2, 0.25) is 0 Å². The Morgan fingerprint density at radius 3 is 2.55 bits per heavy atom. The fourth-order valence-corrected chi connectivity index (χ4v) is 1.93. The standard InChI is InChI=1S/C16H23NO3/c1-4-5-6-7-8-15(17(2)19)13-9-11-14(12-10-13)16(18)20-3/h7-12,15,19H,4-6H2,1-3H3/b8-7+. The van der Waals surface area contributed by atoms with Crippen molar-refractivity contribution in [3.8, 4) is 0 Å². The fourth-order valence-electron chi connectivity index (χ4n) is 1.93. The predicted molar refractivity (Wildman–Crippen MR) is 78.7 cm³/mol. The largest absolute Gasteiger partial charge is 0.465 e. The zero-order valence-corrected chi connectivity index (χ0v) is 12.4. The Hall–Kier alpha value is -1.65. The summed E-state index contributed by atoms with van der Waals surface area (Å²) >= 11 is 0. The summed E-state index contributed by atoms with van der Waals surface area (Å²) in [6.45, 7) is 2.15. The maximum absolute atomic E-state index is 11.4. The van der Waals surface area contributed by atoms with Crippen LogP contribution in [-0.4, -0.2) is 30.4 Å². The number of allylic oxidation sites excluding steroid dienone is 1. The first kappa shape index (κ1) is 16.4. The number of benzene rings is 1. The molecule has 0 radical (unpaired) electrons. The van der Waals surface area contributed by atoms with Crippen LogP contribution in [0.25, 0.3) is 0 Å². The normalized spacial score (nSPS) is 12.8. The molecule has 20 heavy (non-hydrogen) atoms. The molecule has 0 heterocycles. The van der Waals surface area contributed by atoms with E-state index in [1.165, 1.54) is 7.11 Å². The second-order valence-corrected chi connectivity index (χ2v) is 4.70. The Morgan fingerprint density at radius 1 is 1.40 bits per heavy atom. The van der Waals surface area contributed by atoms with Crippen LogP contribution in [0, 0.1) is 0 Å². The van der Waals surface area contributed by atoms with E-state index in [0.29, 0.717) is 5.56 Å². The van der Waals surface area contributed by atoms with Crippen molar-refractivity contribution in [1.82, 2.24) is 5.06 Å². The van der Waals surface area contributed by atoms with Crippen molar-refractivity contribution >= 4 is 5.97 Å². The molecule has 4 heteroatoms. The van der Waals surface area contributed by atoms with E-state index < -0.39 is 0 Å². The van der Waals surface area contributed by atoms with Crippen molar-refractivity contribution < 1.29 is 14.7 Å². The Bertz CT molecular complexity index is 438. The number of nitrogens with zero attached hydrogens (tertiary/aromatic N) is 1. The van der Waals surface area contributed by atoms with E-state index in [2.05, 4.69) is 17.7 Å². The molecule has 1 aromatic rings. The minimum Gasteiger partial charge on any atom is -0.465 e. The molecule has 1 atom stereocenters. The molecule has 0 spiro atoms. The zero-order chi connectivity index (χ0) is 15.0. The fraction of sp³-hybridized carbons (Fsp3) is 0.438. The Morgan fingerprint density at radius 2 is 2.05 bits per heavy atom. The Balaban J connectivity index is 2.81. The monoisotopic (exact) mass is 277 g/mol. The third-order valence-electron chi connectivity index (χ3n) is 3.12. The van der Waals surface area contributed by atoms with Crippen molar-refractivity contribution in [2.24, 2.45) is 0 Å². The number of hydrogen-bond donors (Lipinski definition) is 1. The summed E-state index contributed by atoms with van der Waals surface area (Å²) in [5.74, 6) is -0.357. The lowest BCUT2D eigenvalue weighted by Crippen LogP contribution is -2.18. The summed E-state index contributed by atoms with van der Waals surface area (Å²) < 4.78 is 4.66. The number of carbonyl (C=O) groups excluding carboxylic acids is 1. The third kappa shape index (κ3) is 4.79. The van der Waals surface area contributed by atoms with Crippen LogP contribution in [0.15, 0.2) is 36.4 Å². The molecule has 4 nitrogen and oxygen atoms in total. The number of esters is 1. The van der Waals surface area contributed by atoms with Gasteiger partial charge in [0, 0.05) is 7.05 Å². The van der Waals surface area contributed by atoms with Gasteiger partial charge >= 0.3 is 5.97 Å². The highest BCUT2D eigenvalue weighted by Crippen LogP contribution is 2.20. The van der Waals surface area contributed by atoms with Gasteiger partial charge in [0.1, 0.15) is 0 Å². The lowest BCUT2D eigenvalue weighted by molar-refractivity contribution is -0.0895. The lowest BCUT2D eigenvalue weighted by atomic mass is 10.0. The molecule has 110 valence electrons. The summed E-state index contributed by atoms with van der Waals surface area (Å²) in [5.41, 5.74) is 1.43. The molecule has 0 aliphatic carbocycles. The van der Waals surface area contributed by atoms with Gasteiger partial charge in [-0.2, -0.15) is 5.06 Å². The van der Waals surface area contributed by atoms with Crippen LogP contribution >= 0.6 is 0 Å². The van der Waals surface area contributed by atoms with Gasteiger partial charge in [-0.3, -0.25) is 0 Å². The number of carbonyl (C=O) groups is 1. The van der Waals surface area contributed by atoms with Gasteiger partial charge in [-0.15, -0.1) is 0 Å². The number of ether oxygens (including phenoxy) is 1. The van der Waals surface area contributed by atoms with Crippen molar-refractivity contribution in [3.05, 3.63) is 47.5 Å². The molecule has 0 aliphatic heterocycles. The summed E-state index contributed by atoms with van der Waals surface area (Å²) in [6, 6.07) is 6.86. The molecular formula is C16H23NO3. The van der Waals surface area contributed by atoms with Crippen LogP contribution in [0.3, 0.4) is 0 Å². The van der Waals surface area contributed by atoms with Crippen LogP contribution in [0.2, 0.25) is 0 Å². The predicted octanol–water partition coefficient (Wildman–Crippen LogP) is 3.58. The highest BCUT2D eigenvalue weighted by atomic mass is 16.5. The van der Waals surface area contributed by atoms with Crippen LogP contribution in [0.1, 0.15) is 48.1 Å². The van der Waals surface area contributed by atoms with Gasteiger partial charge in [0.15, 0.2) is 0 Å². The van der Waals surface area contributed by atoms with Crippen molar-refractivity contribution in [1.29, 1.82) is 0 Å².